The number of nitrogens with zero attached hydrogens (tertiary/aromatic N) is 3. The highest BCUT2D eigenvalue weighted by molar-refractivity contribution is 6.33. The summed E-state index contributed by atoms with van der Waals surface area (Å²) in [7, 11) is 0. The van der Waals surface area contributed by atoms with Crippen molar-refractivity contribution in [3.05, 3.63) is 41.6 Å². The van der Waals surface area contributed by atoms with E-state index in [2.05, 4.69) is 20.5 Å². The zero-order valence-corrected chi connectivity index (χ0v) is 24.2. The van der Waals surface area contributed by atoms with Crippen LogP contribution in [0.2, 0.25) is 5.02 Å². The van der Waals surface area contributed by atoms with E-state index in [1.54, 1.807) is 37.4 Å². The van der Waals surface area contributed by atoms with Crippen molar-refractivity contribution in [2.24, 2.45) is 0 Å². The molecule has 2 fully saturated rings. The second-order valence-corrected chi connectivity index (χ2v) is 11.0. The maximum atomic E-state index is 12.1. The van der Waals surface area contributed by atoms with Gasteiger partial charge in [-0.15, -0.1) is 0 Å². The molecule has 2 aliphatic heterocycles. The zero-order valence-electron chi connectivity index (χ0n) is 23.5. The molecular formula is C30H34ClN5O6. The van der Waals surface area contributed by atoms with Gasteiger partial charge in [-0.1, -0.05) is 11.6 Å². The van der Waals surface area contributed by atoms with Crippen LogP contribution in [0.25, 0.3) is 10.9 Å². The van der Waals surface area contributed by atoms with Crippen LogP contribution in [0.4, 0.5) is 10.5 Å². The number of anilines is 1. The predicted molar refractivity (Wildman–Crippen MR) is 158 cm³/mol. The molecule has 6 rings (SSSR count). The van der Waals surface area contributed by atoms with Gasteiger partial charge in [0, 0.05) is 64.0 Å². The summed E-state index contributed by atoms with van der Waals surface area (Å²) in [5.74, 6) is 2.79. The molecule has 0 unspecified atom stereocenters. The lowest BCUT2D eigenvalue weighted by Crippen LogP contribution is -2.48. The third-order valence-corrected chi connectivity index (χ3v) is 7.78. The lowest BCUT2D eigenvalue weighted by Gasteiger charge is -2.34. The number of ether oxygens (including phenoxy) is 4. The van der Waals surface area contributed by atoms with Gasteiger partial charge in [-0.2, -0.15) is 0 Å². The lowest BCUT2D eigenvalue weighted by atomic mass is 10.1. The zero-order chi connectivity index (χ0) is 29.1. The summed E-state index contributed by atoms with van der Waals surface area (Å²) in [5.41, 5.74) is 1.14. The van der Waals surface area contributed by atoms with Crippen molar-refractivity contribution in [3.63, 3.8) is 0 Å². The number of carbonyl (C=O) groups is 2. The summed E-state index contributed by atoms with van der Waals surface area (Å²) in [6.45, 7) is 7.07. The molecule has 3 aliphatic rings. The van der Waals surface area contributed by atoms with E-state index >= 15 is 0 Å². The summed E-state index contributed by atoms with van der Waals surface area (Å²) >= 11 is 6.46. The van der Waals surface area contributed by atoms with Gasteiger partial charge in [0.25, 0.3) is 0 Å². The Kier molecular flexibility index (Phi) is 8.38. The van der Waals surface area contributed by atoms with Crippen molar-refractivity contribution < 1.29 is 28.5 Å². The molecule has 2 N–H and O–H groups in total. The predicted octanol–water partition coefficient (Wildman–Crippen LogP) is 4.67. The van der Waals surface area contributed by atoms with Gasteiger partial charge >= 0.3 is 6.03 Å². The molecule has 0 atom stereocenters. The van der Waals surface area contributed by atoms with Crippen LogP contribution < -0.4 is 29.6 Å². The number of urea groups is 1. The Morgan fingerprint density at radius 1 is 1.05 bits per heavy atom. The molecule has 0 spiro atoms. The van der Waals surface area contributed by atoms with E-state index in [9.17, 15) is 9.59 Å². The molecule has 12 heteroatoms. The van der Waals surface area contributed by atoms with Gasteiger partial charge in [-0.25, -0.2) is 4.79 Å². The molecule has 3 amide bonds. The number of nitrogens with one attached hydrogen (secondary N) is 2. The maximum Gasteiger partial charge on any atom is 0.319 e. The highest BCUT2D eigenvalue weighted by atomic mass is 35.5. The van der Waals surface area contributed by atoms with Crippen molar-refractivity contribution >= 4 is 40.1 Å². The van der Waals surface area contributed by atoms with E-state index in [1.807, 2.05) is 11.0 Å². The van der Waals surface area contributed by atoms with Crippen molar-refractivity contribution in [2.75, 3.05) is 57.9 Å². The van der Waals surface area contributed by atoms with Crippen molar-refractivity contribution in [1.29, 1.82) is 0 Å². The third-order valence-electron chi connectivity index (χ3n) is 7.47. The van der Waals surface area contributed by atoms with E-state index in [1.165, 1.54) is 0 Å². The van der Waals surface area contributed by atoms with Crippen LogP contribution in [0.3, 0.4) is 0 Å². The number of halogens is 1. The minimum Gasteiger partial charge on any atom is -0.489 e. The number of rotatable bonds is 9. The largest absolute Gasteiger partial charge is 0.489 e. The van der Waals surface area contributed by atoms with Gasteiger partial charge in [0.2, 0.25) is 11.7 Å². The number of piperazine rings is 1. The van der Waals surface area contributed by atoms with Crippen LogP contribution in [-0.2, 0) is 4.79 Å². The topological polar surface area (TPSA) is 114 Å². The second-order valence-electron chi connectivity index (χ2n) is 10.6. The van der Waals surface area contributed by atoms with Gasteiger partial charge < -0.3 is 34.5 Å². The Balaban J connectivity index is 1.14. The Labute approximate surface area is 249 Å². The van der Waals surface area contributed by atoms with Gasteiger partial charge in [0.15, 0.2) is 11.5 Å². The molecular weight excluding hydrogens is 562 g/mol. The first-order valence-corrected chi connectivity index (χ1v) is 14.7. The number of benzene rings is 2. The van der Waals surface area contributed by atoms with Crippen LogP contribution in [0.15, 0.2) is 36.5 Å². The number of hydrogen-bond donors (Lipinski definition) is 2. The van der Waals surface area contributed by atoms with E-state index in [-0.39, 0.29) is 18.0 Å². The molecule has 2 aromatic carbocycles. The number of carbonyl (C=O) groups excluding carboxylic acids is 2. The number of amides is 3. The normalized spacial score (nSPS) is 16.7. The molecule has 1 aromatic heterocycles. The summed E-state index contributed by atoms with van der Waals surface area (Å²) in [5, 5.41) is 6.68. The summed E-state index contributed by atoms with van der Waals surface area (Å²) in [6.07, 6.45) is 4.50. The highest BCUT2D eigenvalue weighted by Crippen LogP contribution is 2.48. The smallest absolute Gasteiger partial charge is 0.319 e. The minimum absolute atomic E-state index is 0.132. The Morgan fingerprint density at radius 2 is 1.83 bits per heavy atom. The number of aromatic nitrogens is 1. The monoisotopic (exact) mass is 595 g/mol. The molecule has 0 radical (unpaired) electrons. The fourth-order valence-corrected chi connectivity index (χ4v) is 5.30. The Bertz CT molecular complexity index is 1470. The molecule has 222 valence electrons. The summed E-state index contributed by atoms with van der Waals surface area (Å²) in [4.78, 5) is 32.5. The SMILES string of the molecule is CC(=O)N1CCN(CCCOc2cc3nccc(Oc4ccc(NC(=O)NC5CC5)c(Cl)c4)c3c3c2OCCO3)CC1. The van der Waals surface area contributed by atoms with Gasteiger partial charge in [-0.05, 0) is 37.5 Å². The van der Waals surface area contributed by atoms with Gasteiger partial charge in [-0.3, -0.25) is 14.7 Å². The molecule has 1 saturated heterocycles. The average molecular weight is 596 g/mol. The standard InChI is InChI=1S/C30H34ClN5O6/c1-19(37)36-12-10-35(11-13-36)9-2-14-39-26-18-24-27(29-28(26)40-15-16-41-29)25(7-8-32-24)42-21-5-6-23(22(31)17-21)34-30(38)33-20-3-4-20/h5-8,17-18,20H,2-4,9-16H2,1H3,(H2,33,34,38). The van der Waals surface area contributed by atoms with Crippen molar-refractivity contribution in [3.8, 4) is 28.7 Å². The number of pyridine rings is 1. The maximum absolute atomic E-state index is 12.1. The molecule has 0 bridgehead atoms. The highest BCUT2D eigenvalue weighted by Gasteiger charge is 2.26. The van der Waals surface area contributed by atoms with Gasteiger partial charge in [0.1, 0.15) is 24.7 Å². The Hall–Kier alpha value is -3.96. The molecule has 11 nitrogen and oxygen atoms in total. The van der Waals surface area contributed by atoms with Gasteiger partial charge in [0.05, 0.1) is 28.2 Å². The number of hydrogen-bond acceptors (Lipinski definition) is 8. The fraction of sp³-hybridized carbons (Fsp3) is 0.433. The van der Waals surface area contributed by atoms with E-state index in [0.717, 1.165) is 52.0 Å². The molecule has 1 saturated carbocycles. The number of fused-ring (bicyclic) bond motifs is 3. The van der Waals surface area contributed by atoms with Crippen LogP contribution >= 0.6 is 11.6 Å². The molecule has 1 aliphatic carbocycles. The minimum atomic E-state index is -0.275. The lowest BCUT2D eigenvalue weighted by molar-refractivity contribution is -0.130. The quantitative estimate of drug-likeness (QED) is 0.343. The fourth-order valence-electron chi connectivity index (χ4n) is 5.08. The molecule has 42 heavy (non-hydrogen) atoms. The molecule has 3 heterocycles. The van der Waals surface area contributed by atoms with E-state index in [4.69, 9.17) is 30.5 Å². The van der Waals surface area contributed by atoms with Crippen molar-refractivity contribution in [1.82, 2.24) is 20.1 Å². The second kappa shape index (κ2) is 12.5. The van der Waals surface area contributed by atoms with Crippen LogP contribution in [0.1, 0.15) is 26.2 Å². The first-order valence-electron chi connectivity index (χ1n) is 14.3. The van der Waals surface area contributed by atoms with E-state index < -0.39 is 0 Å². The summed E-state index contributed by atoms with van der Waals surface area (Å²) < 4.78 is 24.5. The average Bonchev–Trinajstić information content (AvgIpc) is 3.81. The van der Waals surface area contributed by atoms with Crippen LogP contribution in [-0.4, -0.2) is 85.3 Å². The third kappa shape index (κ3) is 6.57. The van der Waals surface area contributed by atoms with Crippen LogP contribution in [0, 0.1) is 0 Å². The van der Waals surface area contributed by atoms with E-state index in [0.29, 0.717) is 70.2 Å². The molecule has 3 aromatic rings. The summed E-state index contributed by atoms with van der Waals surface area (Å²) in [6, 6.07) is 8.68. The van der Waals surface area contributed by atoms with Crippen molar-refractivity contribution in [2.45, 2.75) is 32.2 Å². The Morgan fingerprint density at radius 3 is 2.57 bits per heavy atom. The first kappa shape index (κ1) is 28.2. The first-order chi connectivity index (χ1) is 20.4. The van der Waals surface area contributed by atoms with Crippen LogP contribution in [0.5, 0.6) is 28.7 Å².